The number of hydrogen-bond acceptors (Lipinski definition) is 3. The zero-order chi connectivity index (χ0) is 12.0. The number of nitrogens with one attached hydrogen (secondary N) is 1. The van der Waals surface area contributed by atoms with Crippen molar-refractivity contribution < 1.29 is 5.11 Å². The van der Waals surface area contributed by atoms with Crippen LogP contribution in [0.4, 0.5) is 0 Å². The lowest BCUT2D eigenvalue weighted by atomic mass is 9.94. The van der Waals surface area contributed by atoms with E-state index in [4.69, 9.17) is 0 Å². The molecule has 16 heavy (non-hydrogen) atoms. The van der Waals surface area contributed by atoms with Crippen LogP contribution in [0.3, 0.4) is 0 Å². The second-order valence-corrected chi connectivity index (χ2v) is 4.27. The molecule has 0 aromatic carbocycles. The highest BCUT2D eigenvalue weighted by molar-refractivity contribution is 5.10. The van der Waals surface area contributed by atoms with Gasteiger partial charge in [-0.05, 0) is 31.9 Å². The van der Waals surface area contributed by atoms with Crippen molar-refractivity contribution in [1.82, 2.24) is 10.3 Å². The Hall–Kier alpha value is -0.930. The van der Waals surface area contributed by atoms with E-state index in [0.29, 0.717) is 6.54 Å². The fraction of sp³-hybridized carbons (Fsp3) is 0.615. The van der Waals surface area contributed by atoms with E-state index in [2.05, 4.69) is 24.1 Å². The lowest BCUT2D eigenvalue weighted by Crippen LogP contribution is -2.47. The number of hydrogen-bond donors (Lipinski definition) is 2. The molecule has 0 saturated carbocycles. The predicted octanol–water partition coefficient (Wildman–Crippen LogP) is 2.03. The van der Waals surface area contributed by atoms with E-state index in [9.17, 15) is 5.11 Å². The minimum Gasteiger partial charge on any atom is -0.394 e. The van der Waals surface area contributed by atoms with E-state index in [1.807, 2.05) is 25.1 Å². The van der Waals surface area contributed by atoms with E-state index in [1.165, 1.54) is 0 Å². The van der Waals surface area contributed by atoms with Gasteiger partial charge in [-0.1, -0.05) is 19.9 Å². The largest absolute Gasteiger partial charge is 0.394 e. The van der Waals surface area contributed by atoms with Crippen molar-refractivity contribution in [1.29, 1.82) is 0 Å². The number of nitrogens with zero attached hydrogens (tertiary/aromatic N) is 1. The van der Waals surface area contributed by atoms with Gasteiger partial charge < -0.3 is 10.4 Å². The fourth-order valence-electron chi connectivity index (χ4n) is 1.76. The maximum absolute atomic E-state index is 9.43. The Bertz CT molecular complexity index is 313. The van der Waals surface area contributed by atoms with Crippen molar-refractivity contribution in [3.05, 3.63) is 29.6 Å². The number of aliphatic hydroxyl groups excluding tert-OH is 1. The van der Waals surface area contributed by atoms with Crippen molar-refractivity contribution in [3.63, 3.8) is 0 Å². The molecule has 0 fully saturated rings. The van der Waals surface area contributed by atoms with Gasteiger partial charge in [0.2, 0.25) is 0 Å². The van der Waals surface area contributed by atoms with Crippen LogP contribution < -0.4 is 5.32 Å². The van der Waals surface area contributed by atoms with E-state index in [-0.39, 0.29) is 12.1 Å². The highest BCUT2D eigenvalue weighted by Gasteiger charge is 2.24. The number of rotatable bonds is 6. The lowest BCUT2D eigenvalue weighted by Gasteiger charge is -2.30. The molecule has 0 atom stereocenters. The van der Waals surface area contributed by atoms with Crippen LogP contribution in [0, 0.1) is 6.92 Å². The number of pyridine rings is 1. The first-order valence-electron chi connectivity index (χ1n) is 5.94. The topological polar surface area (TPSA) is 45.1 Å². The molecule has 0 saturated heterocycles. The summed E-state index contributed by atoms with van der Waals surface area (Å²) in [6.07, 6.45) is 1.84. The maximum atomic E-state index is 9.43. The second-order valence-electron chi connectivity index (χ2n) is 4.27. The molecule has 0 aliphatic carbocycles. The highest BCUT2D eigenvalue weighted by atomic mass is 16.3. The summed E-state index contributed by atoms with van der Waals surface area (Å²) < 4.78 is 0. The van der Waals surface area contributed by atoms with Gasteiger partial charge in [0, 0.05) is 17.8 Å². The van der Waals surface area contributed by atoms with Crippen LogP contribution in [-0.2, 0) is 6.54 Å². The van der Waals surface area contributed by atoms with Gasteiger partial charge in [-0.2, -0.15) is 0 Å². The molecule has 3 heteroatoms. The van der Waals surface area contributed by atoms with Crippen LogP contribution in [-0.4, -0.2) is 22.2 Å². The Morgan fingerprint density at radius 2 is 2.00 bits per heavy atom. The summed E-state index contributed by atoms with van der Waals surface area (Å²) >= 11 is 0. The molecule has 1 rings (SSSR count). The summed E-state index contributed by atoms with van der Waals surface area (Å²) in [4.78, 5) is 4.44. The minimum atomic E-state index is -0.161. The first-order chi connectivity index (χ1) is 7.65. The monoisotopic (exact) mass is 222 g/mol. The third kappa shape index (κ3) is 3.29. The molecular formula is C13H22N2O. The van der Waals surface area contributed by atoms with E-state index in [0.717, 1.165) is 24.2 Å². The molecule has 0 spiro atoms. The number of aliphatic hydroxyl groups is 1. The quantitative estimate of drug-likeness (QED) is 0.774. The SMILES string of the molecule is CCC(CC)(CO)NCc1cccc(C)n1. The predicted molar refractivity (Wildman–Crippen MR) is 66.2 cm³/mol. The van der Waals surface area contributed by atoms with Crippen LogP contribution in [0.1, 0.15) is 38.1 Å². The van der Waals surface area contributed by atoms with Crippen LogP contribution >= 0.6 is 0 Å². The zero-order valence-electron chi connectivity index (χ0n) is 10.5. The Morgan fingerprint density at radius 3 is 2.50 bits per heavy atom. The first-order valence-corrected chi connectivity index (χ1v) is 5.94. The second kappa shape index (κ2) is 5.97. The van der Waals surface area contributed by atoms with Crippen LogP contribution in [0.15, 0.2) is 18.2 Å². The normalized spacial score (nSPS) is 11.8. The zero-order valence-corrected chi connectivity index (χ0v) is 10.5. The maximum Gasteiger partial charge on any atom is 0.0613 e. The van der Waals surface area contributed by atoms with Crippen molar-refractivity contribution >= 4 is 0 Å². The average Bonchev–Trinajstić information content (AvgIpc) is 2.32. The Morgan fingerprint density at radius 1 is 1.31 bits per heavy atom. The van der Waals surface area contributed by atoms with E-state index in [1.54, 1.807) is 0 Å². The van der Waals surface area contributed by atoms with Gasteiger partial charge in [-0.3, -0.25) is 4.98 Å². The molecule has 0 bridgehead atoms. The molecule has 1 heterocycles. The van der Waals surface area contributed by atoms with Gasteiger partial charge in [0.15, 0.2) is 0 Å². The van der Waals surface area contributed by atoms with Crippen molar-refractivity contribution in [2.24, 2.45) is 0 Å². The standard InChI is InChI=1S/C13H22N2O/c1-4-13(5-2,10-16)14-9-12-8-6-7-11(3)15-12/h6-8,14,16H,4-5,9-10H2,1-3H3. The van der Waals surface area contributed by atoms with Crippen molar-refractivity contribution in [3.8, 4) is 0 Å². The molecule has 1 aromatic rings. The molecule has 1 aromatic heterocycles. The smallest absolute Gasteiger partial charge is 0.0613 e. The molecule has 0 radical (unpaired) electrons. The fourth-order valence-corrected chi connectivity index (χ4v) is 1.76. The first kappa shape index (κ1) is 13.1. The van der Waals surface area contributed by atoms with Gasteiger partial charge in [0.25, 0.3) is 0 Å². The van der Waals surface area contributed by atoms with E-state index < -0.39 is 0 Å². The van der Waals surface area contributed by atoms with Crippen LogP contribution in [0.2, 0.25) is 0 Å². The van der Waals surface area contributed by atoms with Crippen molar-refractivity contribution in [2.75, 3.05) is 6.61 Å². The Labute approximate surface area is 97.9 Å². The summed E-state index contributed by atoms with van der Waals surface area (Å²) in [5.41, 5.74) is 1.90. The molecule has 0 aliphatic heterocycles. The van der Waals surface area contributed by atoms with Gasteiger partial charge in [-0.15, -0.1) is 0 Å². The van der Waals surface area contributed by atoms with Crippen LogP contribution in [0.25, 0.3) is 0 Å². The third-order valence-corrected chi connectivity index (χ3v) is 3.25. The minimum absolute atomic E-state index is 0.161. The summed E-state index contributed by atoms with van der Waals surface area (Å²) in [6, 6.07) is 6.01. The third-order valence-electron chi connectivity index (χ3n) is 3.25. The molecule has 3 nitrogen and oxygen atoms in total. The van der Waals surface area contributed by atoms with Crippen LogP contribution in [0.5, 0.6) is 0 Å². The van der Waals surface area contributed by atoms with Gasteiger partial charge >= 0.3 is 0 Å². The molecular weight excluding hydrogens is 200 g/mol. The summed E-state index contributed by atoms with van der Waals surface area (Å²) in [5, 5.41) is 12.8. The summed E-state index contributed by atoms with van der Waals surface area (Å²) in [7, 11) is 0. The van der Waals surface area contributed by atoms with Gasteiger partial charge in [-0.25, -0.2) is 0 Å². The van der Waals surface area contributed by atoms with Crippen molar-refractivity contribution in [2.45, 2.75) is 45.7 Å². The van der Waals surface area contributed by atoms with Gasteiger partial charge in [0.1, 0.15) is 0 Å². The lowest BCUT2D eigenvalue weighted by molar-refractivity contribution is 0.149. The van der Waals surface area contributed by atoms with Gasteiger partial charge in [0.05, 0.1) is 12.3 Å². The number of aromatic nitrogens is 1. The Kier molecular flexibility index (Phi) is 4.90. The van der Waals surface area contributed by atoms with E-state index >= 15 is 0 Å². The molecule has 0 unspecified atom stereocenters. The molecule has 90 valence electrons. The summed E-state index contributed by atoms with van der Waals surface area (Å²) in [6.45, 7) is 7.06. The average molecular weight is 222 g/mol. The summed E-state index contributed by atoms with van der Waals surface area (Å²) in [5.74, 6) is 0. The highest BCUT2D eigenvalue weighted by Crippen LogP contribution is 2.14. The Balaban J connectivity index is 2.62. The molecule has 2 N–H and O–H groups in total. The number of aryl methyl sites for hydroxylation is 1. The molecule has 0 aliphatic rings. The molecule has 0 amide bonds.